The fourth-order valence-electron chi connectivity index (χ4n) is 1.75. The molecule has 1 N–H and O–H groups in total. The number of carbonyl (C=O) groups is 1. The lowest BCUT2D eigenvalue weighted by molar-refractivity contribution is 0.102. The molecule has 0 saturated heterocycles. The lowest BCUT2D eigenvalue weighted by atomic mass is 10.2. The van der Waals surface area contributed by atoms with Crippen LogP contribution < -0.4 is 10.1 Å². The van der Waals surface area contributed by atoms with Crippen molar-refractivity contribution in [2.24, 2.45) is 0 Å². The molecule has 0 aliphatic rings. The number of benzene rings is 1. The van der Waals surface area contributed by atoms with E-state index in [9.17, 15) is 4.79 Å². The van der Waals surface area contributed by atoms with Crippen molar-refractivity contribution < 1.29 is 9.53 Å². The Labute approximate surface area is 118 Å². The zero-order valence-electron chi connectivity index (χ0n) is 10.8. The molecule has 0 atom stereocenters. The molecule has 3 aromatic rings. The van der Waals surface area contributed by atoms with Crippen molar-refractivity contribution in [3.63, 3.8) is 0 Å². The Morgan fingerprint density at radius 1 is 1.45 bits per heavy atom. The van der Waals surface area contributed by atoms with E-state index in [0.717, 1.165) is 5.56 Å². The zero-order chi connectivity index (χ0) is 14.1. The standard InChI is InChI=1S/C12H11N5O2S/c1-7-3-4-9(19-2)8(5-7)14-10(18)11-16-17-6-13-15-12(17)20-11/h3-6H,1-2H3,(H,14,18). The summed E-state index contributed by atoms with van der Waals surface area (Å²) < 4.78 is 6.69. The van der Waals surface area contributed by atoms with Gasteiger partial charge in [-0.25, -0.2) is 0 Å². The highest BCUT2D eigenvalue weighted by molar-refractivity contribution is 7.18. The monoisotopic (exact) mass is 289 g/mol. The third-order valence-corrected chi connectivity index (χ3v) is 3.60. The van der Waals surface area contributed by atoms with Crippen LogP contribution in [-0.2, 0) is 0 Å². The van der Waals surface area contributed by atoms with Crippen LogP contribution in [0.1, 0.15) is 15.4 Å². The summed E-state index contributed by atoms with van der Waals surface area (Å²) in [5.41, 5.74) is 1.64. The number of anilines is 1. The molecule has 102 valence electrons. The molecule has 1 amide bonds. The molecular formula is C12H11N5O2S. The molecule has 0 saturated carbocycles. The van der Waals surface area contributed by atoms with Crippen LogP contribution in [0.15, 0.2) is 24.5 Å². The van der Waals surface area contributed by atoms with Crippen molar-refractivity contribution in [3.8, 4) is 5.75 Å². The molecule has 2 aromatic heterocycles. The summed E-state index contributed by atoms with van der Waals surface area (Å²) in [5.74, 6) is 0.302. The summed E-state index contributed by atoms with van der Waals surface area (Å²) in [5, 5.41) is 14.7. The van der Waals surface area contributed by atoms with Gasteiger partial charge in [0, 0.05) is 0 Å². The van der Waals surface area contributed by atoms with Gasteiger partial charge in [-0.15, -0.1) is 15.3 Å². The van der Waals surface area contributed by atoms with E-state index in [0.29, 0.717) is 21.4 Å². The van der Waals surface area contributed by atoms with Gasteiger partial charge in [-0.05, 0) is 24.6 Å². The Morgan fingerprint density at radius 3 is 3.05 bits per heavy atom. The fraction of sp³-hybridized carbons (Fsp3) is 0.167. The highest BCUT2D eigenvalue weighted by Gasteiger charge is 2.15. The van der Waals surface area contributed by atoms with Gasteiger partial charge in [-0.3, -0.25) is 4.79 Å². The highest BCUT2D eigenvalue weighted by Crippen LogP contribution is 2.26. The molecule has 0 aliphatic heterocycles. The summed E-state index contributed by atoms with van der Waals surface area (Å²) >= 11 is 1.17. The number of methoxy groups -OCH3 is 1. The number of aromatic nitrogens is 4. The summed E-state index contributed by atoms with van der Waals surface area (Å²) in [7, 11) is 1.56. The quantitative estimate of drug-likeness (QED) is 0.794. The minimum atomic E-state index is -0.301. The van der Waals surface area contributed by atoms with Gasteiger partial charge in [0.05, 0.1) is 12.8 Å². The molecule has 1 aromatic carbocycles. The molecule has 0 aliphatic carbocycles. The van der Waals surface area contributed by atoms with Crippen LogP contribution in [-0.4, -0.2) is 32.8 Å². The van der Waals surface area contributed by atoms with Gasteiger partial charge in [0.15, 0.2) is 0 Å². The number of rotatable bonds is 3. The Kier molecular flexibility index (Phi) is 3.07. The van der Waals surface area contributed by atoms with Crippen LogP contribution in [0.2, 0.25) is 0 Å². The van der Waals surface area contributed by atoms with Gasteiger partial charge < -0.3 is 10.1 Å². The predicted molar refractivity (Wildman–Crippen MR) is 74.3 cm³/mol. The van der Waals surface area contributed by atoms with Crippen LogP contribution in [0.5, 0.6) is 5.75 Å². The maximum atomic E-state index is 12.2. The lowest BCUT2D eigenvalue weighted by Gasteiger charge is -2.09. The van der Waals surface area contributed by atoms with Gasteiger partial charge in [-0.1, -0.05) is 17.4 Å². The molecular weight excluding hydrogens is 278 g/mol. The number of ether oxygens (including phenoxy) is 1. The van der Waals surface area contributed by atoms with Crippen molar-refractivity contribution in [2.75, 3.05) is 12.4 Å². The number of hydrogen-bond acceptors (Lipinski definition) is 6. The average molecular weight is 289 g/mol. The van der Waals surface area contributed by atoms with Crippen LogP contribution in [0.3, 0.4) is 0 Å². The Hall–Kier alpha value is -2.48. The number of aryl methyl sites for hydroxylation is 1. The van der Waals surface area contributed by atoms with Crippen LogP contribution in [0.25, 0.3) is 4.96 Å². The van der Waals surface area contributed by atoms with Crippen molar-refractivity contribution in [1.29, 1.82) is 0 Å². The normalized spacial score (nSPS) is 10.7. The molecule has 0 fully saturated rings. The highest BCUT2D eigenvalue weighted by atomic mass is 32.1. The number of fused-ring (bicyclic) bond motifs is 1. The van der Waals surface area contributed by atoms with Gasteiger partial charge in [-0.2, -0.15) is 4.52 Å². The van der Waals surface area contributed by atoms with Crippen LogP contribution in [0, 0.1) is 6.92 Å². The van der Waals surface area contributed by atoms with E-state index < -0.39 is 0 Å². The molecule has 0 unspecified atom stereocenters. The Bertz CT molecular complexity index is 751. The number of nitrogens with zero attached hydrogens (tertiary/aromatic N) is 4. The van der Waals surface area contributed by atoms with Gasteiger partial charge in [0.25, 0.3) is 5.91 Å². The second-order valence-corrected chi connectivity index (χ2v) is 5.08. The fourth-order valence-corrected chi connectivity index (χ4v) is 2.46. The lowest BCUT2D eigenvalue weighted by Crippen LogP contribution is -2.13. The van der Waals surface area contributed by atoms with E-state index in [1.807, 2.05) is 25.1 Å². The Balaban J connectivity index is 1.88. The minimum absolute atomic E-state index is 0.301. The first-order valence-corrected chi connectivity index (χ1v) is 6.62. The molecule has 0 spiro atoms. The second-order valence-electron chi connectivity index (χ2n) is 4.12. The van der Waals surface area contributed by atoms with E-state index in [4.69, 9.17) is 4.74 Å². The average Bonchev–Trinajstić information content (AvgIpc) is 2.99. The minimum Gasteiger partial charge on any atom is -0.495 e. The maximum absolute atomic E-state index is 12.2. The van der Waals surface area contributed by atoms with E-state index in [2.05, 4.69) is 20.6 Å². The van der Waals surface area contributed by atoms with Crippen LogP contribution in [0.4, 0.5) is 5.69 Å². The second kappa shape index (κ2) is 4.89. The maximum Gasteiger partial charge on any atom is 0.286 e. The number of carbonyl (C=O) groups excluding carboxylic acids is 1. The SMILES string of the molecule is COc1ccc(C)cc1NC(=O)c1nn2cnnc2s1. The first-order chi connectivity index (χ1) is 9.67. The summed E-state index contributed by atoms with van der Waals surface area (Å²) in [6.07, 6.45) is 1.45. The van der Waals surface area contributed by atoms with Crippen molar-refractivity contribution in [2.45, 2.75) is 6.92 Å². The molecule has 0 bridgehead atoms. The van der Waals surface area contributed by atoms with Gasteiger partial charge in [0.1, 0.15) is 12.1 Å². The molecule has 3 rings (SSSR count). The predicted octanol–water partition coefficient (Wildman–Crippen LogP) is 1.76. The molecule has 0 radical (unpaired) electrons. The smallest absolute Gasteiger partial charge is 0.286 e. The van der Waals surface area contributed by atoms with Crippen molar-refractivity contribution in [1.82, 2.24) is 19.8 Å². The van der Waals surface area contributed by atoms with Crippen LogP contribution >= 0.6 is 11.3 Å². The number of amides is 1. The summed E-state index contributed by atoms with van der Waals surface area (Å²) in [4.78, 5) is 12.8. The first-order valence-electron chi connectivity index (χ1n) is 5.80. The molecule has 7 nitrogen and oxygen atoms in total. The molecule has 2 heterocycles. The van der Waals surface area contributed by atoms with Gasteiger partial charge >= 0.3 is 0 Å². The number of hydrogen-bond donors (Lipinski definition) is 1. The molecule has 8 heteroatoms. The van der Waals surface area contributed by atoms with E-state index in [-0.39, 0.29) is 5.91 Å². The van der Waals surface area contributed by atoms with Crippen molar-refractivity contribution in [3.05, 3.63) is 35.1 Å². The third kappa shape index (κ3) is 2.21. The number of nitrogens with one attached hydrogen (secondary N) is 1. The van der Waals surface area contributed by atoms with E-state index in [1.54, 1.807) is 7.11 Å². The topological polar surface area (TPSA) is 81.4 Å². The Morgan fingerprint density at radius 2 is 2.30 bits per heavy atom. The summed E-state index contributed by atoms with van der Waals surface area (Å²) in [6.45, 7) is 1.94. The molecule has 20 heavy (non-hydrogen) atoms. The third-order valence-electron chi connectivity index (χ3n) is 2.68. The largest absolute Gasteiger partial charge is 0.495 e. The van der Waals surface area contributed by atoms with E-state index in [1.165, 1.54) is 22.2 Å². The first kappa shape index (κ1) is 12.5. The van der Waals surface area contributed by atoms with Gasteiger partial charge in [0.2, 0.25) is 9.97 Å². The zero-order valence-corrected chi connectivity index (χ0v) is 11.6. The van der Waals surface area contributed by atoms with E-state index >= 15 is 0 Å². The van der Waals surface area contributed by atoms with Crippen molar-refractivity contribution >= 4 is 27.9 Å². The summed E-state index contributed by atoms with van der Waals surface area (Å²) in [6, 6.07) is 5.57.